The second kappa shape index (κ2) is 9.72. The topological polar surface area (TPSA) is 61.4 Å². The first-order valence-electron chi connectivity index (χ1n) is 13.0. The van der Waals surface area contributed by atoms with E-state index in [1.54, 1.807) is 23.1 Å². The van der Waals surface area contributed by atoms with Crippen LogP contribution < -0.4 is 10.2 Å². The van der Waals surface area contributed by atoms with E-state index in [4.69, 9.17) is 9.97 Å². The lowest BCUT2D eigenvalue weighted by molar-refractivity contribution is 0.208. The number of carbonyl (C=O) groups is 1. The largest absolute Gasteiger partial charge is 0.352 e. The van der Waals surface area contributed by atoms with Crippen molar-refractivity contribution in [2.45, 2.75) is 63.7 Å². The number of carbonyl (C=O) groups excluding carboxylic acids is 1. The Kier molecular flexibility index (Phi) is 6.31. The Morgan fingerprint density at radius 3 is 2.54 bits per heavy atom. The molecule has 0 bridgehead atoms. The second-order valence-corrected chi connectivity index (χ2v) is 11.1. The van der Waals surface area contributed by atoms with Gasteiger partial charge in [-0.2, -0.15) is 0 Å². The van der Waals surface area contributed by atoms with E-state index in [9.17, 15) is 9.18 Å². The summed E-state index contributed by atoms with van der Waals surface area (Å²) in [6, 6.07) is 6.05. The van der Waals surface area contributed by atoms with Crippen molar-refractivity contribution in [1.82, 2.24) is 14.9 Å². The number of aryl methyl sites for hydroxylation is 2. The highest BCUT2D eigenvalue weighted by atomic mass is 32.1. The molecule has 0 spiro atoms. The maximum Gasteiger partial charge on any atom is 0.322 e. The monoisotopic (exact) mass is 493 g/mol. The Morgan fingerprint density at radius 2 is 1.74 bits per heavy atom. The molecule has 0 unspecified atom stereocenters. The molecule has 2 amide bonds. The van der Waals surface area contributed by atoms with Crippen LogP contribution in [0.5, 0.6) is 0 Å². The summed E-state index contributed by atoms with van der Waals surface area (Å²) in [5, 5.41) is 3.98. The van der Waals surface area contributed by atoms with Gasteiger partial charge in [0, 0.05) is 37.0 Å². The highest BCUT2D eigenvalue weighted by Crippen LogP contribution is 2.42. The van der Waals surface area contributed by atoms with Gasteiger partial charge in [0.2, 0.25) is 0 Å². The Labute approximate surface area is 209 Å². The van der Waals surface area contributed by atoms with Crippen molar-refractivity contribution < 1.29 is 9.18 Å². The van der Waals surface area contributed by atoms with E-state index in [1.165, 1.54) is 66.8 Å². The number of urea groups is 1. The van der Waals surface area contributed by atoms with Gasteiger partial charge in [-0.1, -0.05) is 31.4 Å². The zero-order valence-electron chi connectivity index (χ0n) is 20.1. The maximum atomic E-state index is 14.0. The summed E-state index contributed by atoms with van der Waals surface area (Å²) in [7, 11) is 0. The van der Waals surface area contributed by atoms with Crippen molar-refractivity contribution in [3.8, 4) is 0 Å². The van der Waals surface area contributed by atoms with Crippen molar-refractivity contribution in [2.24, 2.45) is 0 Å². The Morgan fingerprint density at radius 1 is 0.971 bits per heavy atom. The molecule has 3 heterocycles. The first kappa shape index (κ1) is 22.7. The van der Waals surface area contributed by atoms with Crippen LogP contribution in [0.15, 0.2) is 24.3 Å². The van der Waals surface area contributed by atoms with Gasteiger partial charge in [-0.15, -0.1) is 11.3 Å². The molecule has 0 atom stereocenters. The number of hydrogen-bond acceptors (Lipinski definition) is 5. The number of aromatic nitrogens is 2. The number of rotatable bonds is 3. The zero-order valence-corrected chi connectivity index (χ0v) is 20.9. The van der Waals surface area contributed by atoms with Gasteiger partial charge in [0.05, 0.1) is 11.1 Å². The highest BCUT2D eigenvalue weighted by Gasteiger charge is 2.29. The van der Waals surface area contributed by atoms with Crippen LogP contribution in [0.2, 0.25) is 0 Å². The molecular formula is C27H32FN5OS. The minimum atomic E-state index is -0.416. The number of piperazine rings is 1. The second-order valence-electron chi connectivity index (χ2n) is 10.0. The van der Waals surface area contributed by atoms with Crippen LogP contribution in [0.4, 0.5) is 20.7 Å². The number of benzene rings is 1. The minimum absolute atomic E-state index is 0.222. The molecule has 1 N–H and O–H groups in total. The van der Waals surface area contributed by atoms with Crippen LogP contribution >= 0.6 is 11.3 Å². The first-order chi connectivity index (χ1) is 17.2. The number of anilines is 2. The summed E-state index contributed by atoms with van der Waals surface area (Å²) in [4.78, 5) is 29.9. The van der Waals surface area contributed by atoms with E-state index in [0.29, 0.717) is 32.1 Å². The average molecular weight is 494 g/mol. The molecule has 2 aliphatic carbocycles. The summed E-state index contributed by atoms with van der Waals surface area (Å²) in [6.07, 6.45) is 10.9. The molecule has 8 heteroatoms. The van der Waals surface area contributed by atoms with Gasteiger partial charge in [0.1, 0.15) is 22.3 Å². The van der Waals surface area contributed by atoms with Gasteiger partial charge in [-0.05, 0) is 56.2 Å². The number of nitrogens with zero attached hydrogens (tertiary/aromatic N) is 4. The molecule has 1 saturated carbocycles. The van der Waals surface area contributed by atoms with Gasteiger partial charge >= 0.3 is 6.03 Å². The standard InChI is InChI=1S/C27H32FN5OS/c28-20-11-5-6-12-21(20)29-27(34)33-16-14-32(15-17-33)25-23-19-10-4-7-13-22(19)35-26(23)31-24(30-25)18-8-2-1-3-9-18/h5-6,11-12,18H,1-4,7-10,13-17H2,(H,29,34). The zero-order chi connectivity index (χ0) is 23.8. The quantitative estimate of drug-likeness (QED) is 0.478. The highest BCUT2D eigenvalue weighted by molar-refractivity contribution is 7.19. The van der Waals surface area contributed by atoms with Gasteiger partial charge in [0.15, 0.2) is 0 Å². The van der Waals surface area contributed by atoms with Crippen LogP contribution in [-0.4, -0.2) is 47.1 Å². The molecule has 3 aromatic rings. The predicted octanol–water partition coefficient (Wildman–Crippen LogP) is 6.11. The van der Waals surface area contributed by atoms with Crippen LogP contribution in [-0.2, 0) is 12.8 Å². The number of halogens is 1. The molecule has 184 valence electrons. The molecule has 2 fully saturated rings. The molecule has 3 aliphatic rings. The van der Waals surface area contributed by atoms with E-state index < -0.39 is 5.82 Å². The Hall–Kier alpha value is -2.74. The summed E-state index contributed by atoms with van der Waals surface area (Å²) < 4.78 is 14.0. The van der Waals surface area contributed by atoms with E-state index in [-0.39, 0.29) is 11.7 Å². The third kappa shape index (κ3) is 4.48. The fraction of sp³-hybridized carbons (Fsp3) is 0.519. The van der Waals surface area contributed by atoms with Crippen molar-refractivity contribution in [3.05, 3.63) is 46.3 Å². The molecule has 1 saturated heterocycles. The van der Waals surface area contributed by atoms with Crippen LogP contribution in [0.3, 0.4) is 0 Å². The predicted molar refractivity (Wildman–Crippen MR) is 139 cm³/mol. The number of hydrogen-bond donors (Lipinski definition) is 1. The fourth-order valence-electron chi connectivity index (χ4n) is 5.80. The number of amides is 2. The molecular weight excluding hydrogens is 461 g/mol. The van der Waals surface area contributed by atoms with Gasteiger partial charge < -0.3 is 15.1 Å². The number of nitrogens with one attached hydrogen (secondary N) is 1. The van der Waals surface area contributed by atoms with Gasteiger partial charge in [-0.3, -0.25) is 0 Å². The van der Waals surface area contributed by atoms with E-state index in [2.05, 4.69) is 10.2 Å². The number of para-hydroxylation sites is 1. The minimum Gasteiger partial charge on any atom is -0.352 e. The maximum absolute atomic E-state index is 14.0. The van der Waals surface area contributed by atoms with Crippen molar-refractivity contribution in [2.75, 3.05) is 36.4 Å². The lowest BCUT2D eigenvalue weighted by atomic mass is 9.88. The molecule has 2 aromatic heterocycles. The van der Waals surface area contributed by atoms with Crippen LogP contribution in [0.25, 0.3) is 10.2 Å². The van der Waals surface area contributed by atoms with Gasteiger partial charge in [0.25, 0.3) is 0 Å². The number of thiophene rings is 1. The Bertz CT molecular complexity index is 1230. The van der Waals surface area contributed by atoms with Crippen LogP contribution in [0.1, 0.15) is 67.1 Å². The number of fused-ring (bicyclic) bond motifs is 3. The van der Waals surface area contributed by atoms with Crippen molar-refractivity contribution in [3.63, 3.8) is 0 Å². The first-order valence-corrected chi connectivity index (χ1v) is 13.9. The van der Waals surface area contributed by atoms with Crippen molar-refractivity contribution in [1.29, 1.82) is 0 Å². The molecule has 6 rings (SSSR count). The fourth-order valence-corrected chi connectivity index (χ4v) is 7.07. The normalized spacial score (nSPS) is 19.1. The molecule has 6 nitrogen and oxygen atoms in total. The van der Waals surface area contributed by atoms with E-state index in [0.717, 1.165) is 29.3 Å². The molecule has 1 aromatic carbocycles. The van der Waals surface area contributed by atoms with Crippen LogP contribution in [0, 0.1) is 5.82 Å². The summed E-state index contributed by atoms with van der Waals surface area (Å²) >= 11 is 1.88. The lowest BCUT2D eigenvalue weighted by Crippen LogP contribution is -2.50. The molecule has 0 radical (unpaired) electrons. The smallest absolute Gasteiger partial charge is 0.322 e. The average Bonchev–Trinajstić information content (AvgIpc) is 3.29. The molecule has 1 aliphatic heterocycles. The van der Waals surface area contributed by atoms with E-state index in [1.807, 2.05) is 11.3 Å². The summed E-state index contributed by atoms with van der Waals surface area (Å²) in [5.41, 5.74) is 1.68. The SMILES string of the molecule is O=C(Nc1ccccc1F)N1CCN(c2nc(C3CCCCC3)nc3sc4c(c23)CCCC4)CC1. The summed E-state index contributed by atoms with van der Waals surface area (Å²) in [6.45, 7) is 2.59. The third-order valence-corrected chi connectivity index (χ3v) is 8.95. The van der Waals surface area contributed by atoms with Crippen molar-refractivity contribution >= 4 is 39.1 Å². The van der Waals surface area contributed by atoms with Gasteiger partial charge in [-0.25, -0.2) is 19.2 Å². The lowest BCUT2D eigenvalue weighted by Gasteiger charge is -2.36. The summed E-state index contributed by atoms with van der Waals surface area (Å²) in [5.74, 6) is 2.13. The Balaban J connectivity index is 1.26. The van der Waals surface area contributed by atoms with E-state index >= 15 is 0 Å². The third-order valence-electron chi connectivity index (χ3n) is 7.77. The molecule has 35 heavy (non-hydrogen) atoms.